The largest absolute Gasteiger partial charge is 0.440 e. The molecule has 1 aliphatic heterocycles. The Morgan fingerprint density at radius 2 is 1.63 bits per heavy atom. The molecule has 5 nitrogen and oxygen atoms in total. The quantitative estimate of drug-likeness (QED) is 0.314. The van der Waals surface area contributed by atoms with E-state index in [1.54, 1.807) is 12.1 Å². The lowest BCUT2D eigenvalue weighted by molar-refractivity contribution is -0.169. The highest BCUT2D eigenvalue weighted by Crippen LogP contribution is 2.79. The van der Waals surface area contributed by atoms with Gasteiger partial charge < -0.3 is 14.7 Å². The van der Waals surface area contributed by atoms with Crippen LogP contribution in [0.5, 0.6) is 0 Å². The molecule has 8 fully saturated rings. The van der Waals surface area contributed by atoms with Crippen LogP contribution in [0.3, 0.4) is 0 Å². The molecule has 1 amide bonds. The Morgan fingerprint density at radius 1 is 0.959 bits per heavy atom. The maximum absolute atomic E-state index is 15.1. The van der Waals surface area contributed by atoms with Crippen molar-refractivity contribution in [3.05, 3.63) is 58.4 Å². The summed E-state index contributed by atoms with van der Waals surface area (Å²) in [4.78, 5) is 30.8. The van der Waals surface area contributed by atoms with Crippen LogP contribution in [-0.4, -0.2) is 46.7 Å². The van der Waals surface area contributed by atoms with Gasteiger partial charge in [0.1, 0.15) is 11.4 Å². The van der Waals surface area contributed by atoms with Gasteiger partial charge in [-0.2, -0.15) is 0 Å². The standard InChI is InChI=1S/C42H51ClFNO4/c1-37-9-6-28(46)21-40(37)12-13-42(30(22-40)33(47)17-29-31(43)4-3-5-32(29)44)34(37)7-10-38(2)35(42)8-11-41(38)24-45(36(48)49-41)23-39-18-25-14-26(19-39)16-27(15-25)20-39/h3-5,12-13,22,25-28,34-35,46H,6-11,14-21,23-24H2,1-2H3/t25?,26?,27?,28-,34+,35+,37+,38-,39?,40-,41+,42+/m0/s1. The summed E-state index contributed by atoms with van der Waals surface area (Å²) in [5.74, 6) is 2.31. The second-order valence-electron chi connectivity index (χ2n) is 19.2. The van der Waals surface area contributed by atoms with E-state index < -0.39 is 28.4 Å². The number of hydrogen-bond acceptors (Lipinski definition) is 4. The zero-order valence-corrected chi connectivity index (χ0v) is 29.9. The van der Waals surface area contributed by atoms with Crippen LogP contribution in [-0.2, 0) is 16.0 Å². The number of aliphatic hydroxyl groups excluding tert-OH is 1. The van der Waals surface area contributed by atoms with Gasteiger partial charge in [0.15, 0.2) is 5.78 Å². The number of ether oxygens (including phenoxy) is 1. The van der Waals surface area contributed by atoms with Gasteiger partial charge >= 0.3 is 6.09 Å². The van der Waals surface area contributed by atoms with E-state index >= 15 is 4.39 Å². The van der Waals surface area contributed by atoms with E-state index in [4.69, 9.17) is 16.3 Å². The molecular formula is C42H51ClFNO4. The van der Waals surface area contributed by atoms with Crippen LogP contribution in [0.25, 0.3) is 0 Å². The molecule has 1 heterocycles. The Morgan fingerprint density at radius 3 is 2.35 bits per heavy atom. The van der Waals surface area contributed by atoms with Gasteiger partial charge in [-0.15, -0.1) is 0 Å². The summed E-state index contributed by atoms with van der Waals surface area (Å²) >= 11 is 6.50. The number of nitrogens with zero attached hydrogens (tertiary/aromatic N) is 1. The maximum atomic E-state index is 15.1. The van der Waals surface area contributed by atoms with Gasteiger partial charge in [-0.1, -0.05) is 49.7 Å². The molecule has 0 unspecified atom stereocenters. The third-order valence-corrected chi connectivity index (χ3v) is 17.4. The van der Waals surface area contributed by atoms with Crippen molar-refractivity contribution in [1.82, 2.24) is 4.90 Å². The third-order valence-electron chi connectivity index (χ3n) is 17.1. The summed E-state index contributed by atoms with van der Waals surface area (Å²) < 4.78 is 21.9. The molecule has 11 aliphatic rings. The first-order valence-corrected chi connectivity index (χ1v) is 19.8. The number of fused-ring (bicyclic) bond motifs is 2. The molecule has 0 aromatic heterocycles. The first-order valence-electron chi connectivity index (χ1n) is 19.4. The maximum Gasteiger partial charge on any atom is 0.410 e. The highest BCUT2D eigenvalue weighted by atomic mass is 35.5. The third kappa shape index (κ3) is 3.97. The molecule has 1 saturated heterocycles. The van der Waals surface area contributed by atoms with Gasteiger partial charge in [0.2, 0.25) is 0 Å². The van der Waals surface area contributed by atoms with E-state index in [0.29, 0.717) is 13.0 Å². The molecule has 262 valence electrons. The Hall–Kier alpha value is -2.18. The second kappa shape index (κ2) is 10.0. The Kier molecular flexibility index (Phi) is 6.45. The number of hydrogen-bond donors (Lipinski definition) is 1. The summed E-state index contributed by atoms with van der Waals surface area (Å²) in [5, 5.41) is 11.3. The summed E-state index contributed by atoms with van der Waals surface area (Å²) in [6, 6.07) is 4.62. The van der Waals surface area contributed by atoms with Gasteiger partial charge in [0.05, 0.1) is 12.6 Å². The summed E-state index contributed by atoms with van der Waals surface area (Å²) in [5.41, 5.74) is -0.654. The summed E-state index contributed by atoms with van der Waals surface area (Å²) in [6.07, 6.45) is 20.1. The minimum absolute atomic E-state index is 0.0695. The van der Waals surface area contributed by atoms with Crippen LogP contribution in [0, 0.1) is 62.5 Å². The van der Waals surface area contributed by atoms with E-state index in [9.17, 15) is 14.7 Å². The summed E-state index contributed by atoms with van der Waals surface area (Å²) in [7, 11) is 0. The average Bonchev–Trinajstić information content (AvgIpc) is 3.51. The number of halogens is 2. The Bertz CT molecular complexity index is 1670. The van der Waals surface area contributed by atoms with Crippen molar-refractivity contribution in [2.45, 2.75) is 115 Å². The van der Waals surface area contributed by atoms with Crippen molar-refractivity contribution in [2.75, 3.05) is 13.1 Å². The molecule has 10 aliphatic carbocycles. The number of benzene rings is 1. The molecule has 3 spiro atoms. The lowest BCUT2D eigenvalue weighted by atomic mass is 9.32. The van der Waals surface area contributed by atoms with Crippen LogP contribution in [0.2, 0.25) is 5.02 Å². The van der Waals surface area contributed by atoms with E-state index in [2.05, 4.69) is 37.0 Å². The highest BCUT2D eigenvalue weighted by Gasteiger charge is 2.76. The lowest BCUT2D eigenvalue weighted by Crippen LogP contribution is -2.67. The molecule has 8 atom stereocenters. The van der Waals surface area contributed by atoms with E-state index in [1.807, 2.05) is 0 Å². The number of carbonyl (C=O) groups excluding carboxylic acids is 2. The van der Waals surface area contributed by atoms with Crippen molar-refractivity contribution in [3.63, 3.8) is 0 Å². The fourth-order valence-corrected chi connectivity index (χ4v) is 15.6. The van der Waals surface area contributed by atoms with E-state index in [-0.39, 0.29) is 57.0 Å². The Balaban J connectivity index is 1.02. The van der Waals surface area contributed by atoms with E-state index in [0.717, 1.165) is 68.4 Å². The highest BCUT2D eigenvalue weighted by molar-refractivity contribution is 6.31. The van der Waals surface area contributed by atoms with Crippen molar-refractivity contribution < 1.29 is 23.8 Å². The van der Waals surface area contributed by atoms with Crippen molar-refractivity contribution in [1.29, 1.82) is 0 Å². The first-order chi connectivity index (χ1) is 23.3. The molecule has 1 aromatic rings. The van der Waals surface area contributed by atoms with Crippen molar-refractivity contribution in [2.24, 2.45) is 56.7 Å². The minimum Gasteiger partial charge on any atom is -0.440 e. The number of rotatable bonds is 5. The van der Waals surface area contributed by atoms with Crippen LogP contribution < -0.4 is 0 Å². The molecule has 49 heavy (non-hydrogen) atoms. The Labute approximate surface area is 295 Å². The molecular weight excluding hydrogens is 637 g/mol. The van der Waals surface area contributed by atoms with Gasteiger partial charge in [-0.3, -0.25) is 4.79 Å². The molecule has 1 aromatic carbocycles. The van der Waals surface area contributed by atoms with Gasteiger partial charge in [0.25, 0.3) is 0 Å². The van der Waals surface area contributed by atoms with Gasteiger partial charge in [-0.25, -0.2) is 9.18 Å². The smallest absolute Gasteiger partial charge is 0.410 e. The molecule has 6 bridgehead atoms. The van der Waals surface area contributed by atoms with Crippen LogP contribution >= 0.6 is 11.6 Å². The van der Waals surface area contributed by atoms with Crippen LogP contribution in [0.1, 0.15) is 103 Å². The minimum atomic E-state index is -0.580. The first kappa shape index (κ1) is 31.5. The second-order valence-corrected chi connectivity index (χ2v) is 19.6. The topological polar surface area (TPSA) is 66.8 Å². The lowest BCUT2D eigenvalue weighted by Gasteiger charge is -2.71. The molecule has 12 rings (SSSR count). The van der Waals surface area contributed by atoms with Crippen LogP contribution in [0.15, 0.2) is 42.0 Å². The fourth-order valence-electron chi connectivity index (χ4n) is 15.4. The number of Topliss-reactive ketones (excluding diaryl/α,β-unsaturated/α-hetero) is 1. The van der Waals surface area contributed by atoms with Crippen molar-refractivity contribution in [3.8, 4) is 0 Å². The molecule has 7 heteroatoms. The molecule has 0 radical (unpaired) electrons. The molecule has 1 N–H and O–H groups in total. The zero-order chi connectivity index (χ0) is 33.8. The van der Waals surface area contributed by atoms with Gasteiger partial charge in [-0.05, 0) is 136 Å². The number of ketones is 1. The predicted octanol–water partition coefficient (Wildman–Crippen LogP) is 8.86. The number of aliphatic hydroxyl groups is 1. The van der Waals surface area contributed by atoms with Crippen molar-refractivity contribution >= 4 is 23.5 Å². The number of allylic oxidation sites excluding steroid dienone is 4. The SMILES string of the molecule is C[C@]12CC[C@H]3[C@]4(C=C[C@@]5(C=C4C(=O)Cc4c(F)cccc4Cl)C[C@@H](O)CC[C@]35C)[C@@H]1CC[C@@]21CN(CC23CC4CC(CC(C4)C2)C3)C(=O)O1. The summed E-state index contributed by atoms with van der Waals surface area (Å²) in [6.45, 7) is 6.26. The van der Waals surface area contributed by atoms with Crippen LogP contribution in [0.4, 0.5) is 9.18 Å². The number of amides is 1. The predicted molar refractivity (Wildman–Crippen MR) is 185 cm³/mol. The van der Waals surface area contributed by atoms with E-state index in [1.165, 1.54) is 44.6 Å². The average molecular weight is 688 g/mol. The normalized spacial score (nSPS) is 49.9. The van der Waals surface area contributed by atoms with Gasteiger partial charge in [0, 0.05) is 45.4 Å². The number of carbonyl (C=O) groups is 2. The zero-order valence-electron chi connectivity index (χ0n) is 29.1. The monoisotopic (exact) mass is 687 g/mol. The molecule has 7 saturated carbocycles. The fraction of sp³-hybridized carbons (Fsp3) is 0.714.